The van der Waals surface area contributed by atoms with Crippen molar-refractivity contribution in [3.8, 4) is 5.88 Å². The molecule has 4 aliphatic carbocycles. The molecule has 0 aromatic carbocycles. The molecule has 7 heteroatoms. The minimum absolute atomic E-state index is 0.158. The molecule has 5 rings (SSSR count). The first-order valence-electron chi connectivity index (χ1n) is 11.5. The highest BCUT2D eigenvalue weighted by Gasteiger charge is 2.57. The molecule has 6 atom stereocenters. The van der Waals surface area contributed by atoms with Gasteiger partial charge in [0, 0.05) is 11.1 Å². The second kappa shape index (κ2) is 7.20. The first kappa shape index (κ1) is 21.3. The highest BCUT2D eigenvalue weighted by Crippen LogP contribution is 2.65. The fourth-order valence-corrected chi connectivity index (χ4v) is 8.10. The van der Waals surface area contributed by atoms with Crippen LogP contribution in [0.5, 0.6) is 5.88 Å². The summed E-state index contributed by atoms with van der Waals surface area (Å²) in [6.07, 6.45) is 16.9. The molecule has 1 aromatic rings. The van der Waals surface area contributed by atoms with Crippen LogP contribution in [-0.4, -0.2) is 37.4 Å². The number of imidazole rings is 1. The monoisotopic (exact) mass is 446 g/mol. The quantitative estimate of drug-likeness (QED) is 0.497. The minimum atomic E-state index is -3.41. The van der Waals surface area contributed by atoms with Crippen LogP contribution in [0.3, 0.4) is 0 Å². The van der Waals surface area contributed by atoms with Crippen LogP contribution in [-0.2, 0) is 14.3 Å². The van der Waals surface area contributed by atoms with Crippen molar-refractivity contribution in [3.05, 3.63) is 30.2 Å². The van der Waals surface area contributed by atoms with E-state index in [0.29, 0.717) is 23.6 Å². The highest BCUT2D eigenvalue weighted by atomic mass is 32.2. The zero-order chi connectivity index (χ0) is 22.0. The van der Waals surface area contributed by atoms with Crippen LogP contribution in [0.25, 0.3) is 5.70 Å². The molecule has 0 saturated heterocycles. The summed E-state index contributed by atoms with van der Waals surface area (Å²) in [5, 5.41) is 0. The molecule has 3 unspecified atom stereocenters. The molecule has 170 valence electrons. The van der Waals surface area contributed by atoms with Gasteiger partial charge in [0.1, 0.15) is 6.33 Å². The first-order valence-corrected chi connectivity index (χ1v) is 13.3. The van der Waals surface area contributed by atoms with Gasteiger partial charge < -0.3 is 9.30 Å². The van der Waals surface area contributed by atoms with Crippen LogP contribution < -0.4 is 4.74 Å². The lowest BCUT2D eigenvalue weighted by Crippen LogP contribution is -2.50. The topological polar surface area (TPSA) is 70.4 Å². The van der Waals surface area contributed by atoms with Gasteiger partial charge >= 0.3 is 0 Å². The standard InChI is InChI=1S/C24H34N2O4S/c1-23-11-9-17(30-31(4,27)28)13-16(23)5-6-18-19-7-8-21(24(19,2)12-10-20(18)23)26-14-22(29-3)25-15-26/h5,8,14-15,17-20H,6-7,9-13H2,1-4H3/t17-,18?,19?,20?,23-,24-/m0/s1. The molecule has 2 saturated carbocycles. The lowest BCUT2D eigenvalue weighted by atomic mass is 9.48. The number of allylic oxidation sites excluding steroid dienone is 3. The van der Waals surface area contributed by atoms with Crippen LogP contribution in [0.1, 0.15) is 58.8 Å². The SMILES string of the molecule is COc1cn(C2=CCC3C4CC=C5C[C@@H](OS(C)(=O)=O)CC[C@]5(C)C4CC[C@]23C)cn1. The van der Waals surface area contributed by atoms with Gasteiger partial charge in [-0.2, -0.15) is 8.42 Å². The van der Waals surface area contributed by atoms with Crippen molar-refractivity contribution in [1.82, 2.24) is 9.55 Å². The number of methoxy groups -OCH3 is 1. The summed E-state index contributed by atoms with van der Waals surface area (Å²) < 4.78 is 36.1. The smallest absolute Gasteiger partial charge is 0.264 e. The van der Waals surface area contributed by atoms with Crippen molar-refractivity contribution in [1.29, 1.82) is 0 Å². The molecule has 2 fully saturated rings. The Hall–Kier alpha value is -1.60. The third-order valence-corrected chi connectivity index (χ3v) is 9.58. The molecule has 0 radical (unpaired) electrons. The average Bonchev–Trinajstić information content (AvgIpc) is 3.30. The summed E-state index contributed by atoms with van der Waals surface area (Å²) in [4.78, 5) is 4.36. The van der Waals surface area contributed by atoms with E-state index < -0.39 is 10.1 Å². The molecule has 0 amide bonds. The molecule has 6 nitrogen and oxygen atoms in total. The largest absolute Gasteiger partial charge is 0.480 e. The minimum Gasteiger partial charge on any atom is -0.480 e. The Bertz CT molecular complexity index is 1040. The van der Waals surface area contributed by atoms with E-state index in [1.807, 2.05) is 12.5 Å². The summed E-state index contributed by atoms with van der Waals surface area (Å²) in [5.41, 5.74) is 3.13. The molecule has 1 aromatic heterocycles. The second-order valence-electron chi connectivity index (χ2n) is 10.5. The van der Waals surface area contributed by atoms with E-state index in [1.54, 1.807) is 7.11 Å². The fraction of sp³-hybridized carbons (Fsp3) is 0.708. The van der Waals surface area contributed by atoms with Gasteiger partial charge in [0.2, 0.25) is 5.88 Å². The molecule has 31 heavy (non-hydrogen) atoms. The molecule has 0 bridgehead atoms. The normalized spacial score (nSPS) is 39.7. The van der Waals surface area contributed by atoms with E-state index in [-0.39, 0.29) is 16.9 Å². The number of aromatic nitrogens is 2. The van der Waals surface area contributed by atoms with Crippen LogP contribution in [0, 0.1) is 28.6 Å². The highest BCUT2D eigenvalue weighted by molar-refractivity contribution is 7.86. The second-order valence-corrected chi connectivity index (χ2v) is 12.1. The molecule has 0 N–H and O–H groups in total. The Morgan fingerprint density at radius 2 is 1.87 bits per heavy atom. The lowest BCUT2D eigenvalue weighted by molar-refractivity contribution is -0.0217. The number of rotatable bonds is 4. The Balaban J connectivity index is 1.39. The van der Waals surface area contributed by atoms with E-state index in [9.17, 15) is 8.42 Å². The Kier molecular flexibility index (Phi) is 4.94. The summed E-state index contributed by atoms with van der Waals surface area (Å²) in [6.45, 7) is 4.87. The summed E-state index contributed by atoms with van der Waals surface area (Å²) >= 11 is 0. The van der Waals surface area contributed by atoms with E-state index in [2.05, 4.69) is 35.6 Å². The van der Waals surface area contributed by atoms with Crippen molar-refractivity contribution >= 4 is 15.8 Å². The van der Waals surface area contributed by atoms with Gasteiger partial charge in [0.15, 0.2) is 0 Å². The zero-order valence-corrected chi connectivity index (χ0v) is 19.8. The molecular weight excluding hydrogens is 412 g/mol. The molecule has 1 heterocycles. The Labute approximate surface area is 185 Å². The van der Waals surface area contributed by atoms with E-state index in [0.717, 1.165) is 38.4 Å². The maximum absolute atomic E-state index is 11.6. The van der Waals surface area contributed by atoms with Gasteiger partial charge in [-0.25, -0.2) is 4.98 Å². The van der Waals surface area contributed by atoms with Crippen molar-refractivity contribution in [3.63, 3.8) is 0 Å². The summed E-state index contributed by atoms with van der Waals surface area (Å²) in [6, 6.07) is 0. The number of fused-ring (bicyclic) bond motifs is 5. The summed E-state index contributed by atoms with van der Waals surface area (Å²) in [7, 11) is -1.75. The maximum atomic E-state index is 11.6. The van der Waals surface area contributed by atoms with Gasteiger partial charge in [0.25, 0.3) is 10.1 Å². The van der Waals surface area contributed by atoms with E-state index in [1.165, 1.54) is 24.1 Å². The van der Waals surface area contributed by atoms with Crippen molar-refractivity contribution < 1.29 is 17.3 Å². The van der Waals surface area contributed by atoms with E-state index in [4.69, 9.17) is 8.92 Å². The lowest BCUT2D eigenvalue weighted by Gasteiger charge is -2.57. The van der Waals surface area contributed by atoms with Gasteiger partial charge in [-0.1, -0.05) is 31.6 Å². The van der Waals surface area contributed by atoms with Crippen molar-refractivity contribution in [2.24, 2.45) is 28.6 Å². The average molecular weight is 447 g/mol. The van der Waals surface area contributed by atoms with Gasteiger partial charge in [0.05, 0.1) is 25.7 Å². The number of ether oxygens (including phenoxy) is 1. The number of nitrogens with zero attached hydrogens (tertiary/aromatic N) is 2. The number of hydrogen-bond donors (Lipinski definition) is 0. The fourth-order valence-electron chi connectivity index (χ4n) is 7.44. The van der Waals surface area contributed by atoms with Crippen LogP contribution in [0.4, 0.5) is 0 Å². The van der Waals surface area contributed by atoms with Gasteiger partial charge in [-0.15, -0.1) is 0 Å². The van der Waals surface area contributed by atoms with Crippen LogP contribution >= 0.6 is 0 Å². The molecule has 0 spiro atoms. The summed E-state index contributed by atoms with van der Waals surface area (Å²) in [5.74, 6) is 2.62. The predicted molar refractivity (Wildman–Crippen MR) is 120 cm³/mol. The molecule has 4 aliphatic rings. The Morgan fingerprint density at radius 1 is 1.10 bits per heavy atom. The number of hydrogen-bond acceptors (Lipinski definition) is 5. The van der Waals surface area contributed by atoms with Gasteiger partial charge in [-0.3, -0.25) is 4.18 Å². The van der Waals surface area contributed by atoms with Gasteiger partial charge in [-0.05, 0) is 68.1 Å². The maximum Gasteiger partial charge on any atom is 0.264 e. The van der Waals surface area contributed by atoms with Crippen LogP contribution in [0.2, 0.25) is 0 Å². The Morgan fingerprint density at radius 3 is 2.58 bits per heavy atom. The third-order valence-electron chi connectivity index (χ3n) is 8.96. The third kappa shape index (κ3) is 3.39. The van der Waals surface area contributed by atoms with Crippen molar-refractivity contribution in [2.75, 3.05) is 13.4 Å². The van der Waals surface area contributed by atoms with E-state index >= 15 is 0 Å². The first-order chi connectivity index (χ1) is 14.6. The van der Waals surface area contributed by atoms with Crippen LogP contribution in [0.15, 0.2) is 30.2 Å². The molecular formula is C24H34N2O4S. The molecule has 0 aliphatic heterocycles. The zero-order valence-electron chi connectivity index (χ0n) is 19.0. The van der Waals surface area contributed by atoms with Crippen molar-refractivity contribution in [2.45, 2.75) is 64.9 Å². The predicted octanol–water partition coefficient (Wildman–Crippen LogP) is 4.65.